The second kappa shape index (κ2) is 7.09. The number of aromatic nitrogens is 1. The van der Waals surface area contributed by atoms with Gasteiger partial charge in [-0.3, -0.25) is 9.69 Å². The third-order valence-corrected chi connectivity index (χ3v) is 3.87. The van der Waals surface area contributed by atoms with Crippen molar-refractivity contribution in [2.45, 2.75) is 0 Å². The first kappa shape index (κ1) is 14.6. The minimum Gasteiger partial charge on any atom is -0.369 e. The van der Waals surface area contributed by atoms with Crippen molar-refractivity contribution in [3.63, 3.8) is 0 Å². The van der Waals surface area contributed by atoms with E-state index in [-0.39, 0.29) is 11.7 Å². The molecule has 116 valence electrons. The summed E-state index contributed by atoms with van der Waals surface area (Å²) in [4.78, 5) is 16.5. The molecule has 0 spiro atoms. The van der Waals surface area contributed by atoms with Gasteiger partial charge in [-0.25, -0.2) is 0 Å². The third-order valence-electron chi connectivity index (χ3n) is 3.87. The van der Waals surface area contributed by atoms with Crippen LogP contribution >= 0.6 is 0 Å². The number of nitrogens with one attached hydrogen (secondary N) is 1. The van der Waals surface area contributed by atoms with Crippen molar-refractivity contribution in [2.24, 2.45) is 0 Å². The van der Waals surface area contributed by atoms with Gasteiger partial charge < -0.3 is 14.7 Å². The predicted octanol–water partition coefficient (Wildman–Crippen LogP) is 1.23. The third kappa shape index (κ3) is 3.65. The lowest BCUT2D eigenvalue weighted by Gasteiger charge is -2.36. The van der Waals surface area contributed by atoms with Crippen LogP contribution in [0.2, 0.25) is 0 Å². The zero-order valence-electron chi connectivity index (χ0n) is 12.4. The number of piperazine rings is 1. The van der Waals surface area contributed by atoms with Crippen LogP contribution in [0, 0.1) is 0 Å². The van der Waals surface area contributed by atoms with Gasteiger partial charge in [-0.15, -0.1) is 0 Å². The highest BCUT2D eigenvalue weighted by atomic mass is 16.5. The van der Waals surface area contributed by atoms with Crippen LogP contribution in [0.1, 0.15) is 10.6 Å². The molecule has 0 saturated carbocycles. The molecular formula is C16H20N4O2. The highest BCUT2D eigenvalue weighted by Gasteiger charge is 2.17. The fourth-order valence-corrected chi connectivity index (χ4v) is 2.62. The second-order valence-corrected chi connectivity index (χ2v) is 5.30. The van der Waals surface area contributed by atoms with Gasteiger partial charge in [0.1, 0.15) is 0 Å². The molecular weight excluding hydrogens is 280 g/mol. The topological polar surface area (TPSA) is 61.6 Å². The van der Waals surface area contributed by atoms with Gasteiger partial charge in [0.2, 0.25) is 5.76 Å². The fourth-order valence-electron chi connectivity index (χ4n) is 2.62. The van der Waals surface area contributed by atoms with Crippen molar-refractivity contribution in [3.8, 4) is 0 Å². The summed E-state index contributed by atoms with van der Waals surface area (Å²) >= 11 is 0. The lowest BCUT2D eigenvalue weighted by molar-refractivity contribution is 0.0911. The summed E-state index contributed by atoms with van der Waals surface area (Å²) in [7, 11) is 0. The van der Waals surface area contributed by atoms with Gasteiger partial charge in [-0.2, -0.15) is 0 Å². The highest BCUT2D eigenvalue weighted by Crippen LogP contribution is 2.15. The van der Waals surface area contributed by atoms with Crippen LogP contribution in [0.15, 0.2) is 47.1 Å². The van der Waals surface area contributed by atoms with E-state index in [1.807, 2.05) is 6.07 Å². The SMILES string of the molecule is O=C(NCCN1CCN(c2ccccc2)CC1)c1ccno1. The number of amides is 1. The molecule has 1 aromatic carbocycles. The van der Waals surface area contributed by atoms with Crippen LogP contribution in [0.5, 0.6) is 0 Å². The van der Waals surface area contributed by atoms with Crippen molar-refractivity contribution in [1.82, 2.24) is 15.4 Å². The first-order valence-corrected chi connectivity index (χ1v) is 7.54. The van der Waals surface area contributed by atoms with Crippen LogP contribution < -0.4 is 10.2 Å². The second-order valence-electron chi connectivity index (χ2n) is 5.30. The van der Waals surface area contributed by atoms with E-state index in [0.29, 0.717) is 6.54 Å². The van der Waals surface area contributed by atoms with E-state index in [1.54, 1.807) is 6.07 Å². The fraction of sp³-hybridized carbons (Fsp3) is 0.375. The Morgan fingerprint density at radius 3 is 2.59 bits per heavy atom. The molecule has 0 radical (unpaired) electrons. The molecule has 6 heteroatoms. The van der Waals surface area contributed by atoms with Gasteiger partial charge in [-0.05, 0) is 12.1 Å². The lowest BCUT2D eigenvalue weighted by Crippen LogP contribution is -2.48. The number of carbonyl (C=O) groups is 1. The van der Waals surface area contributed by atoms with Crippen molar-refractivity contribution in [2.75, 3.05) is 44.2 Å². The highest BCUT2D eigenvalue weighted by molar-refractivity contribution is 5.91. The molecule has 22 heavy (non-hydrogen) atoms. The number of hydrogen-bond acceptors (Lipinski definition) is 5. The van der Waals surface area contributed by atoms with Crippen molar-refractivity contribution < 1.29 is 9.32 Å². The van der Waals surface area contributed by atoms with E-state index < -0.39 is 0 Å². The number of rotatable bonds is 5. The summed E-state index contributed by atoms with van der Waals surface area (Å²) in [6.07, 6.45) is 1.47. The quantitative estimate of drug-likeness (QED) is 0.900. The maximum atomic E-state index is 11.7. The zero-order chi connectivity index (χ0) is 15.2. The Bertz CT molecular complexity index is 577. The molecule has 1 aromatic heterocycles. The first-order chi connectivity index (χ1) is 10.8. The summed E-state index contributed by atoms with van der Waals surface area (Å²) in [6.45, 7) is 5.51. The van der Waals surface area contributed by atoms with Gasteiger partial charge >= 0.3 is 0 Å². The number of anilines is 1. The van der Waals surface area contributed by atoms with Crippen molar-refractivity contribution >= 4 is 11.6 Å². The van der Waals surface area contributed by atoms with E-state index >= 15 is 0 Å². The maximum Gasteiger partial charge on any atom is 0.289 e. The number of carbonyl (C=O) groups excluding carboxylic acids is 1. The first-order valence-electron chi connectivity index (χ1n) is 7.54. The molecule has 2 heterocycles. The smallest absolute Gasteiger partial charge is 0.289 e. The molecule has 3 rings (SSSR count). The summed E-state index contributed by atoms with van der Waals surface area (Å²) in [5, 5.41) is 6.37. The molecule has 0 aliphatic carbocycles. The van der Waals surface area contributed by atoms with Crippen LogP contribution in [-0.4, -0.2) is 55.2 Å². The molecule has 6 nitrogen and oxygen atoms in total. The van der Waals surface area contributed by atoms with Crippen LogP contribution in [0.25, 0.3) is 0 Å². The predicted molar refractivity (Wildman–Crippen MR) is 83.9 cm³/mol. The number of para-hydroxylation sites is 1. The Morgan fingerprint density at radius 1 is 1.14 bits per heavy atom. The van der Waals surface area contributed by atoms with Crippen LogP contribution in [0.4, 0.5) is 5.69 Å². The summed E-state index contributed by atoms with van der Waals surface area (Å²) in [5.41, 5.74) is 1.28. The standard InChI is InChI=1S/C16H20N4O2/c21-16(15-6-7-18-22-15)17-8-9-19-10-12-20(13-11-19)14-4-2-1-3-5-14/h1-7H,8-13H2,(H,17,21). The molecule has 1 saturated heterocycles. The Kier molecular flexibility index (Phi) is 4.70. The van der Waals surface area contributed by atoms with E-state index in [0.717, 1.165) is 32.7 Å². The van der Waals surface area contributed by atoms with Crippen molar-refractivity contribution in [3.05, 3.63) is 48.4 Å². The van der Waals surface area contributed by atoms with E-state index in [9.17, 15) is 4.79 Å². The molecule has 1 fully saturated rings. The Morgan fingerprint density at radius 2 is 1.91 bits per heavy atom. The molecule has 2 aromatic rings. The molecule has 0 atom stereocenters. The Hall–Kier alpha value is -2.34. The summed E-state index contributed by atoms with van der Waals surface area (Å²) < 4.78 is 4.82. The van der Waals surface area contributed by atoms with Gasteiger partial charge in [0.25, 0.3) is 5.91 Å². The molecule has 1 aliphatic heterocycles. The molecule has 1 N–H and O–H groups in total. The molecule has 1 amide bonds. The van der Waals surface area contributed by atoms with E-state index in [4.69, 9.17) is 4.52 Å². The number of nitrogens with zero attached hydrogens (tertiary/aromatic N) is 3. The van der Waals surface area contributed by atoms with Gasteiger partial charge in [0.15, 0.2) is 0 Å². The van der Waals surface area contributed by atoms with E-state index in [2.05, 4.69) is 44.5 Å². The summed E-state index contributed by atoms with van der Waals surface area (Å²) in [5.74, 6) is 0.0503. The average Bonchev–Trinajstić information content (AvgIpc) is 3.11. The number of hydrogen-bond donors (Lipinski definition) is 1. The van der Waals surface area contributed by atoms with Gasteiger partial charge in [-0.1, -0.05) is 23.4 Å². The minimum atomic E-state index is -0.208. The monoisotopic (exact) mass is 300 g/mol. The Balaban J connectivity index is 1.38. The van der Waals surface area contributed by atoms with E-state index in [1.165, 1.54) is 11.9 Å². The molecule has 0 bridgehead atoms. The number of benzene rings is 1. The van der Waals surface area contributed by atoms with Gasteiger partial charge in [0, 0.05) is 51.0 Å². The summed E-state index contributed by atoms with van der Waals surface area (Å²) in [6, 6.07) is 12.0. The minimum absolute atomic E-state index is 0.208. The lowest BCUT2D eigenvalue weighted by atomic mass is 10.2. The van der Waals surface area contributed by atoms with Crippen LogP contribution in [-0.2, 0) is 0 Å². The Labute approximate surface area is 129 Å². The van der Waals surface area contributed by atoms with Crippen LogP contribution in [0.3, 0.4) is 0 Å². The molecule has 1 aliphatic rings. The normalized spacial score (nSPS) is 15.7. The molecule has 0 unspecified atom stereocenters. The zero-order valence-corrected chi connectivity index (χ0v) is 12.4. The average molecular weight is 300 g/mol. The maximum absolute atomic E-state index is 11.7. The van der Waals surface area contributed by atoms with Gasteiger partial charge in [0.05, 0.1) is 6.20 Å². The van der Waals surface area contributed by atoms with Crippen molar-refractivity contribution in [1.29, 1.82) is 0 Å². The largest absolute Gasteiger partial charge is 0.369 e.